The second kappa shape index (κ2) is 8.08. The van der Waals surface area contributed by atoms with Crippen LogP contribution >= 0.6 is 0 Å². The highest BCUT2D eigenvalue weighted by Gasteiger charge is 2.26. The summed E-state index contributed by atoms with van der Waals surface area (Å²) in [5.41, 5.74) is 1.37. The van der Waals surface area contributed by atoms with Crippen LogP contribution in [0.3, 0.4) is 0 Å². The molecule has 0 aliphatic carbocycles. The van der Waals surface area contributed by atoms with Gasteiger partial charge in [0.1, 0.15) is 5.82 Å². The van der Waals surface area contributed by atoms with E-state index in [2.05, 4.69) is 25.3 Å². The maximum atomic E-state index is 13.1. The molecule has 0 bridgehead atoms. The van der Waals surface area contributed by atoms with Crippen LogP contribution in [0.5, 0.6) is 0 Å². The molecule has 28 heavy (non-hydrogen) atoms. The van der Waals surface area contributed by atoms with Gasteiger partial charge < -0.3 is 10.2 Å². The Bertz CT molecular complexity index is 950. The van der Waals surface area contributed by atoms with Crippen molar-refractivity contribution in [2.45, 2.75) is 18.8 Å². The van der Waals surface area contributed by atoms with Crippen molar-refractivity contribution in [3.8, 4) is 0 Å². The molecule has 1 aliphatic rings. The maximum absolute atomic E-state index is 13.1. The molecule has 0 spiro atoms. The molecular weight excluding hydrogens is 359 g/mol. The van der Waals surface area contributed by atoms with Crippen LogP contribution < -0.4 is 5.32 Å². The summed E-state index contributed by atoms with van der Waals surface area (Å²) in [6, 6.07) is 7.54. The number of carbonyl (C=O) groups is 1. The van der Waals surface area contributed by atoms with Crippen LogP contribution in [0.4, 0.5) is 16.2 Å². The molecule has 1 fully saturated rings. The number of nitrogens with zero attached hydrogens (tertiary/aromatic N) is 5. The van der Waals surface area contributed by atoms with Gasteiger partial charge in [0.15, 0.2) is 5.82 Å². The quantitative estimate of drug-likeness (QED) is 0.751. The molecule has 8 heteroatoms. The molecule has 0 unspecified atom stereocenters. The van der Waals surface area contributed by atoms with E-state index in [0.717, 1.165) is 18.5 Å². The number of anilines is 2. The van der Waals surface area contributed by atoms with Gasteiger partial charge in [-0.15, -0.1) is 0 Å². The van der Waals surface area contributed by atoms with Gasteiger partial charge in [-0.2, -0.15) is 0 Å². The summed E-state index contributed by atoms with van der Waals surface area (Å²) in [4.78, 5) is 31.5. The summed E-state index contributed by atoms with van der Waals surface area (Å²) in [5, 5.41) is 3.04. The zero-order valence-corrected chi connectivity index (χ0v) is 15.1. The number of amides is 1. The monoisotopic (exact) mass is 378 g/mol. The fourth-order valence-corrected chi connectivity index (χ4v) is 3.32. The molecule has 142 valence electrons. The average Bonchev–Trinajstić information content (AvgIpc) is 2.75. The van der Waals surface area contributed by atoms with E-state index in [1.54, 1.807) is 29.7 Å². The Kier molecular flexibility index (Phi) is 5.18. The van der Waals surface area contributed by atoms with Crippen molar-refractivity contribution < 1.29 is 9.18 Å². The molecule has 1 aromatic carbocycles. The lowest BCUT2D eigenvalue weighted by molar-refractivity contribution is 0.0706. The third-order valence-electron chi connectivity index (χ3n) is 4.70. The maximum Gasteiger partial charge on any atom is 0.253 e. The second-order valence-corrected chi connectivity index (χ2v) is 6.62. The summed E-state index contributed by atoms with van der Waals surface area (Å²) in [7, 11) is 0. The summed E-state index contributed by atoms with van der Waals surface area (Å²) >= 11 is 0. The molecule has 1 amide bonds. The first-order valence-corrected chi connectivity index (χ1v) is 9.10. The number of halogens is 1. The minimum atomic E-state index is -0.350. The van der Waals surface area contributed by atoms with Gasteiger partial charge in [-0.25, -0.2) is 19.3 Å². The van der Waals surface area contributed by atoms with Crippen molar-refractivity contribution in [1.29, 1.82) is 0 Å². The van der Waals surface area contributed by atoms with Crippen molar-refractivity contribution in [3.05, 3.63) is 72.2 Å². The predicted molar refractivity (Wildman–Crippen MR) is 102 cm³/mol. The van der Waals surface area contributed by atoms with E-state index in [1.807, 2.05) is 6.07 Å². The normalized spacial score (nSPS) is 16.6. The summed E-state index contributed by atoms with van der Waals surface area (Å²) in [6.07, 6.45) is 8.30. The zero-order valence-electron chi connectivity index (χ0n) is 15.1. The molecule has 2 aromatic heterocycles. The number of hydrogen-bond donors (Lipinski definition) is 1. The topological polar surface area (TPSA) is 83.9 Å². The van der Waals surface area contributed by atoms with Crippen molar-refractivity contribution in [2.24, 2.45) is 0 Å². The highest BCUT2D eigenvalue weighted by molar-refractivity contribution is 5.94. The van der Waals surface area contributed by atoms with Crippen LogP contribution in [0.15, 0.2) is 55.1 Å². The van der Waals surface area contributed by atoms with E-state index < -0.39 is 0 Å². The lowest BCUT2D eigenvalue weighted by Gasteiger charge is -2.32. The van der Waals surface area contributed by atoms with Gasteiger partial charge in [-0.05, 0) is 43.2 Å². The first-order chi connectivity index (χ1) is 13.7. The molecule has 0 saturated carbocycles. The van der Waals surface area contributed by atoms with E-state index in [9.17, 15) is 9.18 Å². The van der Waals surface area contributed by atoms with Crippen molar-refractivity contribution in [3.63, 3.8) is 0 Å². The fourth-order valence-electron chi connectivity index (χ4n) is 3.32. The second-order valence-electron chi connectivity index (χ2n) is 6.62. The third-order valence-corrected chi connectivity index (χ3v) is 4.70. The smallest absolute Gasteiger partial charge is 0.253 e. The lowest BCUT2D eigenvalue weighted by atomic mass is 9.94. The Balaban J connectivity index is 1.48. The first kappa shape index (κ1) is 18.0. The van der Waals surface area contributed by atoms with Crippen molar-refractivity contribution in [1.82, 2.24) is 24.8 Å². The standard InChI is InChI=1S/C20H19FN6O/c21-16-5-3-14(4-6-16)19(28)27-11-1-2-15(13-27)17-7-8-24-20(25-17)26-18-12-22-9-10-23-18/h3-10,12,15H,1-2,11,13H2,(H,23,24,25,26)/t15-/m1/s1. The van der Waals surface area contributed by atoms with E-state index in [4.69, 9.17) is 0 Å². The largest absolute Gasteiger partial charge is 0.338 e. The number of piperidine rings is 1. The number of nitrogens with one attached hydrogen (secondary N) is 1. The Morgan fingerprint density at radius 3 is 2.75 bits per heavy atom. The van der Waals surface area contributed by atoms with Crippen LogP contribution in [-0.2, 0) is 0 Å². The number of rotatable bonds is 4. The van der Waals surface area contributed by atoms with Crippen LogP contribution in [0, 0.1) is 5.82 Å². The summed E-state index contributed by atoms with van der Waals surface area (Å²) < 4.78 is 13.1. The predicted octanol–water partition coefficient (Wildman–Crippen LogP) is 3.17. The van der Waals surface area contributed by atoms with Gasteiger partial charge in [-0.1, -0.05) is 0 Å². The van der Waals surface area contributed by atoms with Gasteiger partial charge in [-0.3, -0.25) is 9.78 Å². The molecule has 1 saturated heterocycles. The molecule has 3 aromatic rings. The molecule has 4 rings (SSSR count). The van der Waals surface area contributed by atoms with Crippen LogP contribution in [0.25, 0.3) is 0 Å². The number of likely N-dealkylation sites (tertiary alicyclic amines) is 1. The minimum Gasteiger partial charge on any atom is -0.338 e. The molecule has 1 N–H and O–H groups in total. The average molecular weight is 378 g/mol. The van der Waals surface area contributed by atoms with Crippen molar-refractivity contribution >= 4 is 17.7 Å². The summed E-state index contributed by atoms with van der Waals surface area (Å²) in [5.74, 6) is 0.689. The summed E-state index contributed by atoms with van der Waals surface area (Å²) in [6.45, 7) is 1.25. The molecule has 0 radical (unpaired) electrons. The minimum absolute atomic E-state index is 0.0864. The Morgan fingerprint density at radius 1 is 1.11 bits per heavy atom. The van der Waals surface area contributed by atoms with Crippen LogP contribution in [0.2, 0.25) is 0 Å². The Labute approximate surface area is 161 Å². The third kappa shape index (κ3) is 4.11. The van der Waals surface area contributed by atoms with Gasteiger partial charge in [0.05, 0.1) is 11.9 Å². The van der Waals surface area contributed by atoms with Crippen LogP contribution in [0.1, 0.15) is 34.8 Å². The van der Waals surface area contributed by atoms with Gasteiger partial charge in [0, 0.05) is 43.2 Å². The molecular formula is C20H19FN6O. The van der Waals surface area contributed by atoms with Crippen molar-refractivity contribution in [2.75, 3.05) is 18.4 Å². The van der Waals surface area contributed by atoms with Gasteiger partial charge in [0.25, 0.3) is 5.91 Å². The SMILES string of the molecule is O=C(c1ccc(F)cc1)N1CCC[C@@H](c2ccnc(Nc3cnccn3)n2)C1. The number of hydrogen-bond acceptors (Lipinski definition) is 6. The molecule has 3 heterocycles. The highest BCUT2D eigenvalue weighted by Crippen LogP contribution is 2.27. The molecule has 7 nitrogen and oxygen atoms in total. The van der Waals surface area contributed by atoms with Gasteiger partial charge in [0.2, 0.25) is 5.95 Å². The van der Waals surface area contributed by atoms with E-state index in [1.165, 1.54) is 24.3 Å². The van der Waals surface area contributed by atoms with E-state index in [-0.39, 0.29) is 17.6 Å². The highest BCUT2D eigenvalue weighted by atomic mass is 19.1. The first-order valence-electron chi connectivity index (χ1n) is 9.10. The molecule has 1 atom stereocenters. The fraction of sp³-hybridized carbons (Fsp3) is 0.250. The Hall–Kier alpha value is -3.42. The molecule has 1 aliphatic heterocycles. The number of aromatic nitrogens is 4. The Morgan fingerprint density at radius 2 is 1.96 bits per heavy atom. The van der Waals surface area contributed by atoms with E-state index >= 15 is 0 Å². The van der Waals surface area contributed by atoms with Gasteiger partial charge >= 0.3 is 0 Å². The number of carbonyl (C=O) groups excluding carboxylic acids is 1. The lowest BCUT2D eigenvalue weighted by Crippen LogP contribution is -2.39. The van der Waals surface area contributed by atoms with Crippen LogP contribution in [-0.4, -0.2) is 43.8 Å². The van der Waals surface area contributed by atoms with E-state index in [0.29, 0.717) is 30.4 Å². The zero-order chi connectivity index (χ0) is 19.3. The number of benzene rings is 1.